The van der Waals surface area contributed by atoms with Crippen LogP contribution < -0.4 is 10.6 Å². The molecule has 6 nitrogen and oxygen atoms in total. The van der Waals surface area contributed by atoms with Crippen LogP contribution in [0.4, 0.5) is 4.79 Å². The molecule has 0 saturated heterocycles. The molecule has 1 saturated carbocycles. The first-order valence-corrected chi connectivity index (χ1v) is 6.48. The van der Waals surface area contributed by atoms with E-state index in [9.17, 15) is 9.59 Å². The van der Waals surface area contributed by atoms with Gasteiger partial charge >= 0.3 is 12.0 Å². The Morgan fingerprint density at radius 1 is 1.39 bits per heavy atom. The molecule has 2 atom stereocenters. The minimum Gasteiger partial charge on any atom is -0.479 e. The molecule has 1 fully saturated rings. The van der Waals surface area contributed by atoms with Crippen molar-refractivity contribution < 1.29 is 19.8 Å². The highest BCUT2D eigenvalue weighted by Gasteiger charge is 2.25. The number of carboxylic acid groups (broad SMARTS) is 1. The third-order valence-corrected chi connectivity index (χ3v) is 3.13. The molecule has 18 heavy (non-hydrogen) atoms. The van der Waals surface area contributed by atoms with Crippen LogP contribution in [0.5, 0.6) is 0 Å². The van der Waals surface area contributed by atoms with Crippen molar-refractivity contribution >= 4 is 12.0 Å². The zero-order valence-electron chi connectivity index (χ0n) is 10.7. The molecule has 104 valence electrons. The maximum Gasteiger partial charge on any atom is 0.332 e. The van der Waals surface area contributed by atoms with Gasteiger partial charge in [0.2, 0.25) is 0 Å². The second-order valence-corrected chi connectivity index (χ2v) is 4.83. The van der Waals surface area contributed by atoms with E-state index in [1.54, 1.807) is 0 Å². The van der Waals surface area contributed by atoms with Gasteiger partial charge in [0.15, 0.2) is 6.10 Å². The Balaban J connectivity index is 2.13. The number of urea groups is 1. The van der Waals surface area contributed by atoms with Crippen LogP contribution in [0, 0.1) is 5.92 Å². The van der Waals surface area contributed by atoms with Crippen LogP contribution in [-0.2, 0) is 4.79 Å². The summed E-state index contributed by atoms with van der Waals surface area (Å²) in [6, 6.07) is -0.109. The summed E-state index contributed by atoms with van der Waals surface area (Å²) < 4.78 is 0. The highest BCUT2D eigenvalue weighted by Crippen LogP contribution is 2.33. The molecule has 0 spiro atoms. The normalized spacial score (nSPS) is 17.9. The number of hydrogen-bond acceptors (Lipinski definition) is 3. The van der Waals surface area contributed by atoms with E-state index in [2.05, 4.69) is 10.6 Å². The summed E-state index contributed by atoms with van der Waals surface area (Å²) in [6.07, 6.45) is 3.01. The largest absolute Gasteiger partial charge is 0.479 e. The molecule has 0 radical (unpaired) electrons. The number of carbonyl (C=O) groups is 2. The predicted octanol–water partition coefficient (Wildman–Crippen LogP) is 0.700. The van der Waals surface area contributed by atoms with Crippen LogP contribution in [0.25, 0.3) is 0 Å². The standard InChI is InChI=1S/C12H22N2O4/c1-2-9(7-8-3-4-8)14-12(18)13-6-5-10(15)11(16)17/h8-10,15H,2-7H2,1H3,(H,16,17)(H2,13,14,18)/t9?,10-/m0/s1. The molecule has 0 bridgehead atoms. The monoisotopic (exact) mass is 258 g/mol. The lowest BCUT2D eigenvalue weighted by Gasteiger charge is -2.17. The summed E-state index contributed by atoms with van der Waals surface area (Å²) in [5.41, 5.74) is 0. The molecule has 2 amide bonds. The van der Waals surface area contributed by atoms with Gasteiger partial charge in [0.05, 0.1) is 0 Å². The van der Waals surface area contributed by atoms with E-state index >= 15 is 0 Å². The van der Waals surface area contributed by atoms with Crippen molar-refractivity contribution in [3.05, 3.63) is 0 Å². The molecule has 4 N–H and O–H groups in total. The summed E-state index contributed by atoms with van der Waals surface area (Å²) >= 11 is 0. The van der Waals surface area contributed by atoms with Gasteiger partial charge in [0.1, 0.15) is 0 Å². The van der Waals surface area contributed by atoms with Crippen molar-refractivity contribution in [1.82, 2.24) is 10.6 Å². The summed E-state index contributed by atoms with van der Waals surface area (Å²) in [7, 11) is 0. The van der Waals surface area contributed by atoms with Gasteiger partial charge in [-0.2, -0.15) is 0 Å². The zero-order chi connectivity index (χ0) is 13.5. The van der Waals surface area contributed by atoms with E-state index in [1.807, 2.05) is 6.92 Å². The van der Waals surface area contributed by atoms with E-state index in [0.717, 1.165) is 18.8 Å². The van der Waals surface area contributed by atoms with Crippen LogP contribution in [0.3, 0.4) is 0 Å². The molecule has 0 aromatic carbocycles. The second-order valence-electron chi connectivity index (χ2n) is 4.83. The smallest absolute Gasteiger partial charge is 0.332 e. The first-order chi connectivity index (χ1) is 8.52. The SMILES string of the molecule is CCC(CC1CC1)NC(=O)NCC[C@H](O)C(=O)O. The fourth-order valence-electron chi connectivity index (χ4n) is 1.77. The lowest BCUT2D eigenvalue weighted by molar-refractivity contribution is -0.146. The van der Waals surface area contributed by atoms with Gasteiger partial charge < -0.3 is 20.8 Å². The first-order valence-electron chi connectivity index (χ1n) is 6.48. The van der Waals surface area contributed by atoms with Crippen molar-refractivity contribution in [2.24, 2.45) is 5.92 Å². The Bertz CT molecular complexity index is 292. The minimum absolute atomic E-state index is 0.0160. The molecule has 1 aliphatic rings. The molecule has 1 rings (SSSR count). The zero-order valence-corrected chi connectivity index (χ0v) is 10.7. The van der Waals surface area contributed by atoms with Gasteiger partial charge in [-0.1, -0.05) is 19.8 Å². The molecule has 1 unspecified atom stereocenters. The van der Waals surface area contributed by atoms with Gasteiger partial charge in [0.25, 0.3) is 0 Å². The van der Waals surface area contributed by atoms with Gasteiger partial charge in [-0.15, -0.1) is 0 Å². The van der Waals surface area contributed by atoms with E-state index < -0.39 is 12.1 Å². The fraction of sp³-hybridized carbons (Fsp3) is 0.833. The third-order valence-electron chi connectivity index (χ3n) is 3.13. The number of carboxylic acids is 1. The quantitative estimate of drug-likeness (QED) is 0.515. The topological polar surface area (TPSA) is 98.7 Å². The first kappa shape index (κ1) is 14.8. The van der Waals surface area contributed by atoms with Crippen molar-refractivity contribution in [3.63, 3.8) is 0 Å². The van der Waals surface area contributed by atoms with Crippen molar-refractivity contribution in [2.75, 3.05) is 6.54 Å². The number of hydrogen-bond donors (Lipinski definition) is 4. The molecular formula is C12H22N2O4. The number of amides is 2. The van der Waals surface area contributed by atoms with Crippen LogP contribution in [0.1, 0.15) is 39.0 Å². The Labute approximate surface area is 107 Å². The molecule has 1 aliphatic carbocycles. The minimum atomic E-state index is -1.42. The number of nitrogens with one attached hydrogen (secondary N) is 2. The van der Waals surface area contributed by atoms with E-state index in [-0.39, 0.29) is 25.0 Å². The molecule has 0 aliphatic heterocycles. The number of aliphatic hydroxyl groups is 1. The molecule has 0 aromatic heterocycles. The summed E-state index contributed by atoms with van der Waals surface area (Å²) in [6.45, 7) is 2.18. The van der Waals surface area contributed by atoms with Gasteiger partial charge in [-0.25, -0.2) is 9.59 Å². The molecule has 6 heteroatoms. The van der Waals surface area contributed by atoms with Crippen LogP contribution in [0.15, 0.2) is 0 Å². The van der Waals surface area contributed by atoms with Crippen LogP contribution in [0.2, 0.25) is 0 Å². The Kier molecular flexibility index (Phi) is 5.91. The Hall–Kier alpha value is -1.30. The van der Waals surface area contributed by atoms with Crippen molar-refractivity contribution in [2.45, 2.75) is 51.2 Å². The van der Waals surface area contributed by atoms with Gasteiger partial charge in [-0.05, 0) is 18.8 Å². The molecule has 0 aromatic rings. The lowest BCUT2D eigenvalue weighted by atomic mass is 10.1. The van der Waals surface area contributed by atoms with E-state index in [0.29, 0.717) is 0 Å². The van der Waals surface area contributed by atoms with Gasteiger partial charge in [0, 0.05) is 19.0 Å². The van der Waals surface area contributed by atoms with E-state index in [4.69, 9.17) is 10.2 Å². The fourth-order valence-corrected chi connectivity index (χ4v) is 1.77. The summed E-state index contributed by atoms with van der Waals surface area (Å²) in [5, 5.41) is 22.9. The van der Waals surface area contributed by atoms with Crippen LogP contribution in [-0.4, -0.2) is 40.9 Å². The number of aliphatic carboxylic acids is 1. The highest BCUT2D eigenvalue weighted by atomic mass is 16.4. The van der Waals surface area contributed by atoms with E-state index in [1.165, 1.54) is 12.8 Å². The van der Waals surface area contributed by atoms with Gasteiger partial charge in [-0.3, -0.25) is 0 Å². The predicted molar refractivity (Wildman–Crippen MR) is 66.2 cm³/mol. The second kappa shape index (κ2) is 7.20. The maximum absolute atomic E-state index is 11.5. The van der Waals surface area contributed by atoms with Crippen molar-refractivity contribution in [1.29, 1.82) is 0 Å². The Morgan fingerprint density at radius 2 is 2.06 bits per heavy atom. The summed E-state index contributed by atoms with van der Waals surface area (Å²) in [5.74, 6) is -0.513. The number of carbonyl (C=O) groups excluding carboxylic acids is 1. The lowest BCUT2D eigenvalue weighted by Crippen LogP contribution is -2.43. The Morgan fingerprint density at radius 3 is 2.56 bits per heavy atom. The number of rotatable bonds is 8. The summed E-state index contributed by atoms with van der Waals surface area (Å²) in [4.78, 5) is 21.9. The molecule has 0 heterocycles. The highest BCUT2D eigenvalue weighted by molar-refractivity contribution is 5.74. The molecular weight excluding hydrogens is 236 g/mol. The maximum atomic E-state index is 11.5. The van der Waals surface area contributed by atoms with Crippen LogP contribution >= 0.6 is 0 Å². The number of aliphatic hydroxyl groups excluding tert-OH is 1. The average molecular weight is 258 g/mol. The van der Waals surface area contributed by atoms with Crippen molar-refractivity contribution in [3.8, 4) is 0 Å². The third kappa shape index (κ3) is 5.86. The average Bonchev–Trinajstić information content (AvgIpc) is 3.11.